The van der Waals surface area contributed by atoms with Crippen LogP contribution in [-0.4, -0.2) is 263 Å². The van der Waals surface area contributed by atoms with Gasteiger partial charge in [-0.2, -0.15) is 30.2 Å². The van der Waals surface area contributed by atoms with Gasteiger partial charge in [-0.3, -0.25) is 47.0 Å². The normalized spacial score (nSPS) is 22.4. The lowest BCUT2D eigenvalue weighted by molar-refractivity contribution is -0.129. The van der Waals surface area contributed by atoms with Gasteiger partial charge in [-0.25, -0.2) is 31.9 Å². The summed E-state index contributed by atoms with van der Waals surface area (Å²) in [6.45, 7) is 39.7. The van der Waals surface area contributed by atoms with Crippen LogP contribution in [0.2, 0.25) is 0 Å². The number of aromatic nitrogens is 12. The van der Waals surface area contributed by atoms with Gasteiger partial charge in [-0.1, -0.05) is 19.7 Å². The molecule has 0 spiro atoms. The van der Waals surface area contributed by atoms with Gasteiger partial charge >= 0.3 is 17.1 Å². The molecule has 27 nitrogen and oxygen atoms in total. The van der Waals surface area contributed by atoms with E-state index in [1.807, 2.05) is 84.7 Å². The number of nitrogens with zero attached hydrogens (tertiary/aromatic N) is 21. The molecule has 3 unspecified atom stereocenters. The fraction of sp³-hybridized carbons (Fsp3) is 0.443. The number of hydrogen-bond donors (Lipinski definition) is 0. The van der Waals surface area contributed by atoms with Gasteiger partial charge in [0.15, 0.2) is 0 Å². The van der Waals surface area contributed by atoms with Crippen LogP contribution in [0.25, 0.3) is 98.8 Å². The average molecular weight is 1840 g/mol. The Balaban J connectivity index is 0.000000127. The summed E-state index contributed by atoms with van der Waals surface area (Å²) < 4.78 is 69.1. The molecule has 12 aromatic rings. The predicted molar refractivity (Wildman–Crippen MR) is 513 cm³/mol. The lowest BCUT2D eigenvalue weighted by atomic mass is 9.95. The quantitative estimate of drug-likeness (QED) is 0.0684. The Kier molecular flexibility index (Phi) is 23.9. The number of rotatable bonds is 15. The van der Waals surface area contributed by atoms with Gasteiger partial charge in [-0.05, 0) is 197 Å². The standard InChI is InChI=1S/C33H38FN7O2S.C32H35F2N7O2S.C32H36FN7O2S/c1-6-27(42)39-15-21(4)40(16-20(39)3)32-24-13-19(2)28(23-9-10-26(34)25-14-35-37(5)29(23)25)31-30(24)41(33(43)36-32)22(18-44-31)17-38-11-7-8-12-38;1-6-26(42)39-11-19(4)40(12-18(39)3)31-23-9-17(2)27(22-7-8-25(34)24-10-35-37(5)28(22)24)30-29(23)41(32(43)36-31)21(16-44-30)15-38-13-20(33)14-38;1-6-26(41)38-14-20(4)39(15-19(38)3)31-23-12-18(2)27(22-8-9-25(33)24-13-34-36(5)28(22)24)30-29(23)40(32(42)35-31)21(17-43-30)16-37-10-7-11-37/h6,9-10,13-14,20-22H,1,7-8,11-12,15-18H2,2-5H3;6-10,18-21H,1,11-16H2,2-5H3;6,8-9,12-13,19-21H,1,7,10-11,14-17H2,2-5H3/t20-,21+,22?;18-,19+,21?;19-,20+,21?/m111/s1. The summed E-state index contributed by atoms with van der Waals surface area (Å²) >= 11 is 5.24. The minimum absolute atomic E-state index is 0.00625. The largest absolute Gasteiger partial charge is 0.350 e. The van der Waals surface area contributed by atoms with Crippen LogP contribution in [0.3, 0.4) is 0 Å². The van der Waals surface area contributed by atoms with Gasteiger partial charge in [0.2, 0.25) is 17.7 Å². The van der Waals surface area contributed by atoms with E-state index in [-0.39, 0.29) is 107 Å². The molecule has 6 saturated heterocycles. The van der Waals surface area contributed by atoms with Crippen molar-refractivity contribution in [1.82, 2.24) is 87.4 Å². The van der Waals surface area contributed by atoms with Crippen LogP contribution in [0.4, 0.5) is 35.0 Å². The molecule has 9 atom stereocenters. The molecule has 9 aliphatic heterocycles. The fourth-order valence-electron chi connectivity index (χ4n) is 21.7. The molecule has 6 fully saturated rings. The van der Waals surface area contributed by atoms with Crippen molar-refractivity contribution in [2.24, 2.45) is 21.1 Å². The Labute approximate surface area is 768 Å². The van der Waals surface area contributed by atoms with Gasteiger partial charge in [0.05, 0.1) is 86.0 Å². The van der Waals surface area contributed by atoms with Crippen LogP contribution >= 0.6 is 35.3 Å². The second kappa shape index (κ2) is 35.1. The number of amides is 3. The number of carbonyl (C=O) groups excluding carboxylic acids is 3. The first-order chi connectivity index (χ1) is 62.9. The molecule has 6 aromatic carbocycles. The molecular weight excluding hydrogens is 1730 g/mol. The van der Waals surface area contributed by atoms with E-state index in [0.717, 1.165) is 159 Å². The number of piperazine rings is 3. The van der Waals surface area contributed by atoms with Crippen LogP contribution in [0.15, 0.2) is 140 Å². The number of anilines is 3. The van der Waals surface area contributed by atoms with E-state index >= 15 is 0 Å². The number of fused-ring (bicyclic) bond motifs is 3. The van der Waals surface area contributed by atoms with Crippen LogP contribution in [0.1, 0.15) is 95.6 Å². The minimum atomic E-state index is -0.833. The number of carbonyl (C=O) groups is 3. The molecule has 34 heteroatoms. The second-order valence-electron chi connectivity index (χ2n) is 37.0. The second-order valence-corrected chi connectivity index (χ2v) is 40.1. The van der Waals surface area contributed by atoms with Crippen molar-refractivity contribution in [3.8, 4) is 33.4 Å². The van der Waals surface area contributed by atoms with Crippen molar-refractivity contribution >= 4 is 136 Å². The lowest BCUT2D eigenvalue weighted by Crippen LogP contribution is -2.58. The highest BCUT2D eigenvalue weighted by Gasteiger charge is 2.43. The van der Waals surface area contributed by atoms with E-state index in [1.54, 1.807) is 90.5 Å². The number of aryl methyl sites for hydroxylation is 6. The van der Waals surface area contributed by atoms with Crippen LogP contribution in [-0.2, 0) is 35.5 Å². The Morgan fingerprint density at radius 3 is 0.962 bits per heavy atom. The maximum atomic E-state index is 14.9. The van der Waals surface area contributed by atoms with Crippen molar-refractivity contribution in [2.45, 2.75) is 157 Å². The first kappa shape index (κ1) is 89.1. The Hall–Kier alpha value is -11.2. The summed E-state index contributed by atoms with van der Waals surface area (Å²) in [4.78, 5) is 116. The summed E-state index contributed by atoms with van der Waals surface area (Å²) in [5.41, 5.74) is 12.5. The third kappa shape index (κ3) is 15.4. The fourth-order valence-corrected chi connectivity index (χ4v) is 25.8. The van der Waals surface area contributed by atoms with E-state index in [9.17, 15) is 46.3 Å². The van der Waals surface area contributed by atoms with E-state index in [1.165, 1.54) is 55.7 Å². The molecule has 131 heavy (non-hydrogen) atoms. The third-order valence-electron chi connectivity index (χ3n) is 28.3. The topological polar surface area (TPSA) is 239 Å². The molecular formula is C97H109F4N21O6S3. The molecule has 6 aromatic heterocycles. The molecule has 0 bridgehead atoms. The maximum Gasteiger partial charge on any atom is 0.350 e. The zero-order valence-electron chi connectivity index (χ0n) is 76.0. The lowest BCUT2D eigenvalue weighted by Gasteiger charge is -2.45. The zero-order valence-corrected chi connectivity index (χ0v) is 78.4. The Bertz CT molecular complexity index is 6930. The smallest absolute Gasteiger partial charge is 0.349 e. The molecule has 0 aliphatic carbocycles. The van der Waals surface area contributed by atoms with Crippen LogP contribution in [0.5, 0.6) is 0 Å². The van der Waals surface area contributed by atoms with Crippen molar-refractivity contribution in [3.05, 3.63) is 177 Å². The number of hydrogen-bond acceptors (Lipinski definition) is 21. The molecule has 684 valence electrons. The van der Waals surface area contributed by atoms with Gasteiger partial charge in [0.25, 0.3) is 0 Å². The first-order valence-corrected chi connectivity index (χ1v) is 48.3. The summed E-state index contributed by atoms with van der Waals surface area (Å²) in [6, 6.07) is 15.7. The highest BCUT2D eigenvalue weighted by atomic mass is 32.2. The molecule has 0 saturated carbocycles. The molecule has 15 heterocycles. The van der Waals surface area contributed by atoms with Crippen molar-refractivity contribution < 1.29 is 31.9 Å². The molecule has 0 radical (unpaired) electrons. The van der Waals surface area contributed by atoms with Crippen molar-refractivity contribution in [2.75, 3.05) is 130 Å². The zero-order chi connectivity index (χ0) is 92.0. The predicted octanol–water partition coefficient (Wildman–Crippen LogP) is 13.4. The van der Waals surface area contributed by atoms with Crippen molar-refractivity contribution in [1.29, 1.82) is 0 Å². The highest BCUT2D eigenvalue weighted by molar-refractivity contribution is 8.00. The summed E-state index contributed by atoms with van der Waals surface area (Å²) in [5, 5.41) is 17.2. The molecule has 0 N–H and O–H groups in total. The highest BCUT2D eigenvalue weighted by Crippen LogP contribution is 2.53. The van der Waals surface area contributed by atoms with Gasteiger partial charge in [0, 0.05) is 211 Å². The summed E-state index contributed by atoms with van der Waals surface area (Å²) in [6.07, 6.45) is 11.5. The van der Waals surface area contributed by atoms with E-state index < -0.39 is 6.17 Å². The van der Waals surface area contributed by atoms with Crippen LogP contribution < -0.4 is 31.8 Å². The maximum absolute atomic E-state index is 14.9. The SMILES string of the molecule is C=CC(=O)N1C[C@H](C)N(c2nc(=O)n3c4c(c(-c5ccc(F)c6cnn(C)c56)c(C)cc24)SCC3CN2CC(F)C2)C[C@H]1C.C=CC(=O)N1C[C@H](C)N(c2nc(=O)n3c4c(c(-c5ccc(F)c6cnn(C)c56)c(C)cc24)SCC3CN2CCC2)C[C@H]1C.C=CC(=O)N1C[C@H](C)N(c2nc(=O)n3c4c(c(-c5ccc(F)c6cnn(C)c56)c(C)cc24)SCC3CN2CCCC2)C[C@H]1C. The number of benzene rings is 6. The molecule has 9 aliphatic rings. The molecule has 21 rings (SSSR count). The molecule has 3 amide bonds. The van der Waals surface area contributed by atoms with E-state index in [0.29, 0.717) is 104 Å². The van der Waals surface area contributed by atoms with E-state index in [4.69, 9.17) is 15.0 Å². The Morgan fingerprint density at radius 2 is 0.687 bits per heavy atom. The number of halogens is 4. The third-order valence-corrected chi connectivity index (χ3v) is 32.1. The number of alkyl halides is 1. The first-order valence-electron chi connectivity index (χ1n) is 45.3. The van der Waals surface area contributed by atoms with E-state index in [2.05, 4.69) is 105 Å². The summed E-state index contributed by atoms with van der Waals surface area (Å²) in [5.74, 6) is 2.81. The van der Waals surface area contributed by atoms with Gasteiger partial charge < -0.3 is 39.2 Å². The van der Waals surface area contributed by atoms with Crippen molar-refractivity contribution in [3.63, 3.8) is 0 Å². The monoisotopic (exact) mass is 1840 g/mol. The van der Waals surface area contributed by atoms with Gasteiger partial charge in [-0.15, -0.1) is 35.3 Å². The van der Waals surface area contributed by atoms with Gasteiger partial charge in [0.1, 0.15) is 41.1 Å². The Morgan fingerprint density at radius 1 is 0.397 bits per heavy atom. The summed E-state index contributed by atoms with van der Waals surface area (Å²) in [7, 11) is 5.48. The average Bonchev–Trinajstić information content (AvgIpc) is 1.66. The minimum Gasteiger partial charge on any atom is -0.349 e. The van der Waals surface area contributed by atoms with Crippen LogP contribution in [0, 0.1) is 38.2 Å². The number of thioether (sulfide) groups is 3. The number of likely N-dealkylation sites (tertiary alicyclic amines) is 3.